The highest BCUT2D eigenvalue weighted by atomic mass is 15.2. The molecule has 1 heterocycles. The van der Waals surface area contributed by atoms with E-state index in [1.165, 1.54) is 45.2 Å². The third kappa shape index (κ3) is 3.49. The Morgan fingerprint density at radius 3 is 2.58 bits per heavy atom. The van der Waals surface area contributed by atoms with Crippen LogP contribution < -0.4 is 5.32 Å². The Hall–Kier alpha value is -0.590. The molecule has 1 saturated carbocycles. The van der Waals surface area contributed by atoms with E-state index in [-0.39, 0.29) is 5.54 Å². The number of piperidine rings is 1. The van der Waals surface area contributed by atoms with E-state index in [4.69, 9.17) is 0 Å². The number of rotatable bonds is 5. The van der Waals surface area contributed by atoms with Gasteiger partial charge >= 0.3 is 0 Å². The molecule has 1 N–H and O–H groups in total. The number of nitriles is 1. The first-order valence-electron chi connectivity index (χ1n) is 8.13. The van der Waals surface area contributed by atoms with E-state index in [2.05, 4.69) is 30.1 Å². The molecule has 19 heavy (non-hydrogen) atoms. The van der Waals surface area contributed by atoms with Crippen LogP contribution in [0.2, 0.25) is 0 Å². The normalized spacial score (nSPS) is 33.4. The molecule has 3 nitrogen and oxygen atoms in total. The lowest BCUT2D eigenvalue weighted by Crippen LogP contribution is -2.45. The zero-order valence-electron chi connectivity index (χ0n) is 12.6. The van der Waals surface area contributed by atoms with Gasteiger partial charge in [-0.2, -0.15) is 5.26 Å². The van der Waals surface area contributed by atoms with Crippen molar-refractivity contribution in [3.63, 3.8) is 0 Å². The molecular weight excluding hydrogens is 234 g/mol. The predicted octanol–water partition coefficient (Wildman–Crippen LogP) is 2.92. The van der Waals surface area contributed by atoms with Crippen molar-refractivity contribution in [2.45, 2.75) is 70.4 Å². The van der Waals surface area contributed by atoms with Crippen molar-refractivity contribution >= 4 is 0 Å². The van der Waals surface area contributed by atoms with Crippen LogP contribution in [0.5, 0.6) is 0 Å². The van der Waals surface area contributed by atoms with Crippen molar-refractivity contribution in [3.05, 3.63) is 0 Å². The molecule has 1 aliphatic heterocycles. The number of hydrogen-bond donors (Lipinski definition) is 1. The van der Waals surface area contributed by atoms with Crippen LogP contribution in [-0.2, 0) is 0 Å². The summed E-state index contributed by atoms with van der Waals surface area (Å²) in [6, 6.07) is 3.18. The van der Waals surface area contributed by atoms with Crippen LogP contribution in [0.15, 0.2) is 0 Å². The van der Waals surface area contributed by atoms with E-state index in [1.54, 1.807) is 0 Å². The van der Waals surface area contributed by atoms with Gasteiger partial charge in [0.15, 0.2) is 0 Å². The molecule has 0 amide bonds. The summed E-state index contributed by atoms with van der Waals surface area (Å²) in [4.78, 5) is 2.66. The Morgan fingerprint density at radius 2 is 2.00 bits per heavy atom. The molecular formula is C16H29N3. The van der Waals surface area contributed by atoms with Crippen molar-refractivity contribution in [2.24, 2.45) is 5.92 Å². The lowest BCUT2D eigenvalue weighted by atomic mass is 9.91. The smallest absolute Gasteiger partial charge is 0.108 e. The second kappa shape index (κ2) is 6.72. The molecule has 0 radical (unpaired) electrons. The summed E-state index contributed by atoms with van der Waals surface area (Å²) in [7, 11) is 0. The summed E-state index contributed by atoms with van der Waals surface area (Å²) in [5.74, 6) is 0.956. The van der Waals surface area contributed by atoms with E-state index < -0.39 is 0 Å². The van der Waals surface area contributed by atoms with Gasteiger partial charge in [-0.1, -0.05) is 26.7 Å². The highest BCUT2D eigenvalue weighted by Gasteiger charge is 2.41. The topological polar surface area (TPSA) is 39.1 Å². The van der Waals surface area contributed by atoms with Gasteiger partial charge < -0.3 is 4.90 Å². The molecule has 2 unspecified atom stereocenters. The summed E-state index contributed by atoms with van der Waals surface area (Å²) in [6.07, 6.45) is 8.70. The molecule has 0 bridgehead atoms. The number of nitrogens with zero attached hydrogens (tertiary/aromatic N) is 2. The largest absolute Gasteiger partial charge is 0.300 e. The van der Waals surface area contributed by atoms with Crippen LogP contribution in [0.1, 0.15) is 58.8 Å². The SMILES string of the molecule is CCCC1CCN(C2CCC(C#N)(NCC)C2)CC1. The average Bonchev–Trinajstić information content (AvgIpc) is 2.85. The summed E-state index contributed by atoms with van der Waals surface area (Å²) in [6.45, 7) is 7.80. The highest BCUT2D eigenvalue weighted by molar-refractivity contribution is 5.13. The molecule has 1 saturated heterocycles. The van der Waals surface area contributed by atoms with Gasteiger partial charge in [-0.05, 0) is 57.7 Å². The van der Waals surface area contributed by atoms with Crippen LogP contribution in [0.4, 0.5) is 0 Å². The summed E-state index contributed by atoms with van der Waals surface area (Å²) in [5, 5.41) is 12.9. The first kappa shape index (κ1) is 14.8. The van der Waals surface area contributed by atoms with Gasteiger partial charge in [0, 0.05) is 6.04 Å². The fourth-order valence-corrected chi connectivity index (χ4v) is 3.99. The second-order valence-corrected chi connectivity index (χ2v) is 6.39. The van der Waals surface area contributed by atoms with Gasteiger partial charge in [0.05, 0.1) is 6.07 Å². The Labute approximate surface area is 118 Å². The number of nitrogens with one attached hydrogen (secondary N) is 1. The minimum atomic E-state index is -0.236. The van der Waals surface area contributed by atoms with Crippen LogP contribution in [0, 0.1) is 17.2 Å². The lowest BCUT2D eigenvalue weighted by Gasteiger charge is -2.36. The van der Waals surface area contributed by atoms with Crippen LogP contribution in [0.25, 0.3) is 0 Å². The van der Waals surface area contributed by atoms with Crippen LogP contribution >= 0.6 is 0 Å². The van der Waals surface area contributed by atoms with Gasteiger partial charge in [0.2, 0.25) is 0 Å². The molecule has 0 spiro atoms. The molecule has 2 fully saturated rings. The quantitative estimate of drug-likeness (QED) is 0.829. The zero-order chi connectivity index (χ0) is 13.7. The molecule has 3 heteroatoms. The summed E-state index contributed by atoms with van der Waals surface area (Å²) in [5.41, 5.74) is -0.236. The van der Waals surface area contributed by atoms with E-state index >= 15 is 0 Å². The molecule has 0 aromatic carbocycles. The highest BCUT2D eigenvalue weighted by Crippen LogP contribution is 2.35. The molecule has 2 aliphatic rings. The Balaban J connectivity index is 1.83. The van der Waals surface area contributed by atoms with E-state index in [9.17, 15) is 5.26 Å². The fraction of sp³-hybridized carbons (Fsp3) is 0.938. The predicted molar refractivity (Wildman–Crippen MR) is 78.9 cm³/mol. The van der Waals surface area contributed by atoms with Crippen molar-refractivity contribution < 1.29 is 0 Å². The van der Waals surface area contributed by atoms with Crippen molar-refractivity contribution in [2.75, 3.05) is 19.6 Å². The third-order valence-electron chi connectivity index (χ3n) is 5.08. The van der Waals surface area contributed by atoms with Crippen molar-refractivity contribution in [1.82, 2.24) is 10.2 Å². The zero-order valence-corrected chi connectivity index (χ0v) is 12.6. The third-order valence-corrected chi connectivity index (χ3v) is 5.08. The van der Waals surface area contributed by atoms with Gasteiger partial charge in [0.1, 0.15) is 5.54 Å². The van der Waals surface area contributed by atoms with E-state index in [0.717, 1.165) is 25.3 Å². The molecule has 2 rings (SSSR count). The van der Waals surface area contributed by atoms with E-state index in [0.29, 0.717) is 6.04 Å². The minimum absolute atomic E-state index is 0.236. The van der Waals surface area contributed by atoms with Crippen LogP contribution in [0.3, 0.4) is 0 Å². The average molecular weight is 263 g/mol. The Bertz CT molecular complexity index is 314. The Kier molecular flexibility index (Phi) is 5.24. The summed E-state index contributed by atoms with van der Waals surface area (Å²) < 4.78 is 0. The fourth-order valence-electron chi connectivity index (χ4n) is 3.99. The summed E-state index contributed by atoms with van der Waals surface area (Å²) >= 11 is 0. The Morgan fingerprint density at radius 1 is 1.26 bits per heavy atom. The standard InChI is InChI=1S/C16H29N3/c1-3-5-14-7-10-19(11-8-14)15-6-9-16(12-15,13-17)18-4-2/h14-15,18H,3-12H2,1-2H3. The van der Waals surface area contributed by atoms with Gasteiger partial charge in [-0.15, -0.1) is 0 Å². The van der Waals surface area contributed by atoms with Crippen molar-refractivity contribution in [1.29, 1.82) is 5.26 Å². The van der Waals surface area contributed by atoms with Gasteiger partial charge in [0.25, 0.3) is 0 Å². The molecule has 108 valence electrons. The molecule has 1 aliphatic carbocycles. The van der Waals surface area contributed by atoms with E-state index in [1.807, 2.05) is 0 Å². The number of likely N-dealkylation sites (tertiary alicyclic amines) is 1. The van der Waals surface area contributed by atoms with Crippen molar-refractivity contribution in [3.8, 4) is 6.07 Å². The van der Waals surface area contributed by atoms with Gasteiger partial charge in [-0.3, -0.25) is 5.32 Å². The van der Waals surface area contributed by atoms with Crippen LogP contribution in [-0.4, -0.2) is 36.1 Å². The monoisotopic (exact) mass is 263 g/mol. The molecule has 2 atom stereocenters. The first-order chi connectivity index (χ1) is 9.23. The lowest BCUT2D eigenvalue weighted by molar-refractivity contribution is 0.127. The van der Waals surface area contributed by atoms with Gasteiger partial charge in [-0.25, -0.2) is 0 Å². The maximum absolute atomic E-state index is 9.44. The second-order valence-electron chi connectivity index (χ2n) is 6.39. The molecule has 0 aromatic heterocycles. The number of hydrogen-bond acceptors (Lipinski definition) is 3. The first-order valence-corrected chi connectivity index (χ1v) is 8.13. The maximum atomic E-state index is 9.44. The molecule has 0 aromatic rings. The minimum Gasteiger partial charge on any atom is -0.300 e. The maximum Gasteiger partial charge on any atom is 0.108 e.